The van der Waals surface area contributed by atoms with E-state index in [-0.39, 0.29) is 28.4 Å². The highest BCUT2D eigenvalue weighted by Crippen LogP contribution is 2.41. The molecule has 11 N–H and O–H groups in total. The summed E-state index contributed by atoms with van der Waals surface area (Å²) in [7, 11) is 2.62. The molecule has 3 aromatic carbocycles. The molecule has 0 unspecified atom stereocenters. The van der Waals surface area contributed by atoms with Crippen LogP contribution < -0.4 is 19.6 Å². The summed E-state index contributed by atoms with van der Waals surface area (Å²) >= 11 is 0. The van der Waals surface area contributed by atoms with Crippen LogP contribution >= 0.6 is 0 Å². The van der Waals surface area contributed by atoms with Crippen LogP contribution in [0.5, 0.6) is 46.0 Å². The largest absolute Gasteiger partial charge is 0.508 e. The molecule has 3 heterocycles. The second-order valence-corrected chi connectivity index (χ2v) is 13.3. The molecule has 0 amide bonds. The molecule has 2 aliphatic heterocycles. The van der Waals surface area contributed by atoms with E-state index in [1.54, 1.807) is 0 Å². The number of ether oxygens (including phenoxy) is 7. The summed E-state index contributed by atoms with van der Waals surface area (Å²) in [6.45, 7) is -1.66. The molecule has 318 valence electrons. The van der Waals surface area contributed by atoms with Gasteiger partial charge in [-0.3, -0.25) is 4.79 Å². The van der Waals surface area contributed by atoms with Gasteiger partial charge in [-0.2, -0.15) is 0 Å². The summed E-state index contributed by atoms with van der Waals surface area (Å²) in [6, 6.07) is 7.83. The van der Waals surface area contributed by atoms with E-state index in [1.165, 1.54) is 38.5 Å². The normalized spacial score (nSPS) is 27.1. The number of aliphatic hydroxyl groups excluding tert-OH is 6. The fourth-order valence-electron chi connectivity index (χ4n) is 6.35. The standard InChI is InChI=1S/C38H40O21/c1-52-21-7-14(8-22(53-2)27(21)45)3-6-25(44)54-13-24-29(47)31(49)33(51)37(57-24)59-36-32(50)28(46)23(12-39)56-38(36)58-35-30(48)26-19(43)10-16(40)11-20(26)55-34(35)15-4-5-17(41)18(42)9-15/h3-11,23-24,28-29,31-33,36-43,45-47,49-51H,12-13H2,1-2H3/b6-3+/t23-,24+,28-,29+,31-,32+,33+,36-,37-,38-/m0/s1. The molecule has 10 atom stereocenters. The van der Waals surface area contributed by atoms with Crippen molar-refractivity contribution in [2.45, 2.75) is 61.4 Å². The fourth-order valence-corrected chi connectivity index (χ4v) is 6.35. The van der Waals surface area contributed by atoms with E-state index >= 15 is 0 Å². The number of methoxy groups -OCH3 is 2. The molecule has 0 spiro atoms. The maximum Gasteiger partial charge on any atom is 0.330 e. The second-order valence-electron chi connectivity index (χ2n) is 13.3. The number of carbonyl (C=O) groups excluding carboxylic acids is 1. The fraction of sp³-hybridized carbons (Fsp3) is 0.368. The van der Waals surface area contributed by atoms with Crippen LogP contribution in [0.15, 0.2) is 57.8 Å². The molecule has 21 nitrogen and oxygen atoms in total. The summed E-state index contributed by atoms with van der Waals surface area (Å²) in [5.74, 6) is -4.89. The number of hydrogen-bond acceptors (Lipinski definition) is 21. The first-order chi connectivity index (χ1) is 28.1. The summed E-state index contributed by atoms with van der Waals surface area (Å²) in [5.41, 5.74) is -1.22. The Balaban J connectivity index is 1.28. The molecule has 0 radical (unpaired) electrons. The Morgan fingerprint density at radius 2 is 1.42 bits per heavy atom. The predicted molar refractivity (Wildman–Crippen MR) is 196 cm³/mol. The van der Waals surface area contributed by atoms with Gasteiger partial charge in [0.25, 0.3) is 0 Å². The number of benzene rings is 3. The van der Waals surface area contributed by atoms with E-state index in [0.717, 1.165) is 30.3 Å². The highest BCUT2D eigenvalue weighted by molar-refractivity contribution is 5.89. The van der Waals surface area contributed by atoms with Gasteiger partial charge in [-0.15, -0.1) is 0 Å². The summed E-state index contributed by atoms with van der Waals surface area (Å²) in [5, 5.41) is 115. The van der Waals surface area contributed by atoms with Crippen molar-refractivity contribution in [3.8, 4) is 57.3 Å². The van der Waals surface area contributed by atoms with Crippen molar-refractivity contribution in [3.05, 3.63) is 64.3 Å². The summed E-state index contributed by atoms with van der Waals surface area (Å²) in [6.07, 6.45) is -16.9. The monoisotopic (exact) mass is 832 g/mol. The molecule has 21 heteroatoms. The van der Waals surface area contributed by atoms with Crippen LogP contribution in [0, 0.1) is 0 Å². The maximum absolute atomic E-state index is 14.0. The van der Waals surface area contributed by atoms with Crippen molar-refractivity contribution < 1.29 is 98.5 Å². The van der Waals surface area contributed by atoms with E-state index in [2.05, 4.69) is 0 Å². The number of fused-ring (bicyclic) bond motifs is 1. The smallest absolute Gasteiger partial charge is 0.330 e. The number of carbonyl (C=O) groups is 1. The Labute approximate surface area is 331 Å². The van der Waals surface area contributed by atoms with Gasteiger partial charge in [0.1, 0.15) is 71.8 Å². The van der Waals surface area contributed by atoms with Gasteiger partial charge in [-0.25, -0.2) is 4.79 Å². The lowest BCUT2D eigenvalue weighted by Gasteiger charge is -2.45. The third-order valence-electron chi connectivity index (χ3n) is 9.48. The lowest BCUT2D eigenvalue weighted by Crippen LogP contribution is -2.65. The van der Waals surface area contributed by atoms with Gasteiger partial charge >= 0.3 is 5.97 Å². The van der Waals surface area contributed by atoms with Crippen LogP contribution in [-0.2, 0) is 23.7 Å². The van der Waals surface area contributed by atoms with E-state index in [9.17, 15) is 65.8 Å². The van der Waals surface area contributed by atoms with Crippen LogP contribution in [0.25, 0.3) is 28.4 Å². The van der Waals surface area contributed by atoms with Gasteiger partial charge in [-0.05, 0) is 42.0 Å². The molecule has 59 heavy (non-hydrogen) atoms. The molecule has 1 aromatic heterocycles. The van der Waals surface area contributed by atoms with E-state index in [4.69, 9.17) is 37.6 Å². The number of phenols is 5. The topological polar surface area (TPSA) is 334 Å². The molecular weight excluding hydrogens is 792 g/mol. The van der Waals surface area contributed by atoms with Crippen LogP contribution in [0.4, 0.5) is 0 Å². The predicted octanol–water partition coefficient (Wildman–Crippen LogP) is -0.728. The van der Waals surface area contributed by atoms with Crippen molar-refractivity contribution >= 4 is 23.0 Å². The summed E-state index contributed by atoms with van der Waals surface area (Å²) in [4.78, 5) is 26.6. The SMILES string of the molecule is COc1cc(/C=C/C(=O)OC[C@H]2O[C@@H](O[C@@H]3[C@H](Oc4c(-c5ccc(O)c(O)c5)oc5cc(O)cc(O)c5c4=O)O[C@@H](CO)[C@H](O)[C@H]3O)[C@H](O)[C@@H](O)[C@@H]2O)cc(OC)c1O. The molecule has 4 aromatic rings. The van der Waals surface area contributed by atoms with Gasteiger partial charge < -0.3 is 93.7 Å². The molecule has 6 rings (SSSR count). The number of aliphatic hydroxyl groups is 6. The van der Waals surface area contributed by atoms with Crippen molar-refractivity contribution in [1.82, 2.24) is 0 Å². The van der Waals surface area contributed by atoms with Crippen LogP contribution in [0.1, 0.15) is 5.56 Å². The lowest BCUT2D eigenvalue weighted by molar-refractivity contribution is -0.358. The first-order valence-corrected chi connectivity index (χ1v) is 17.6. The van der Waals surface area contributed by atoms with Crippen LogP contribution in [0.3, 0.4) is 0 Å². The number of phenolic OH excluding ortho intramolecular Hbond substituents is 5. The van der Waals surface area contributed by atoms with Crippen molar-refractivity contribution in [2.24, 2.45) is 0 Å². The van der Waals surface area contributed by atoms with Crippen molar-refractivity contribution in [1.29, 1.82) is 0 Å². The zero-order chi connectivity index (χ0) is 42.9. The number of esters is 1. The Morgan fingerprint density at radius 1 is 0.763 bits per heavy atom. The third kappa shape index (κ3) is 8.64. The van der Waals surface area contributed by atoms with E-state index in [0.29, 0.717) is 5.56 Å². The first kappa shape index (κ1) is 42.7. The van der Waals surface area contributed by atoms with Gasteiger partial charge in [0.2, 0.25) is 23.2 Å². The minimum atomic E-state index is -2.08. The molecular formula is C38H40O21. The molecule has 0 bridgehead atoms. The van der Waals surface area contributed by atoms with Gasteiger partial charge in [-0.1, -0.05) is 0 Å². The number of rotatable bonds is 12. The maximum atomic E-state index is 14.0. The zero-order valence-electron chi connectivity index (χ0n) is 30.9. The average Bonchev–Trinajstić information content (AvgIpc) is 3.21. The van der Waals surface area contributed by atoms with Crippen LogP contribution in [-0.4, -0.2) is 151 Å². The zero-order valence-corrected chi connectivity index (χ0v) is 30.9. The minimum absolute atomic E-state index is 0.0504. The highest BCUT2D eigenvalue weighted by atomic mass is 16.8. The molecule has 2 aliphatic rings. The van der Waals surface area contributed by atoms with Gasteiger partial charge in [0, 0.05) is 23.8 Å². The van der Waals surface area contributed by atoms with Gasteiger partial charge in [0.15, 0.2) is 41.2 Å². The first-order valence-electron chi connectivity index (χ1n) is 17.6. The lowest BCUT2D eigenvalue weighted by atomic mass is 9.97. The minimum Gasteiger partial charge on any atom is -0.508 e. The van der Waals surface area contributed by atoms with Gasteiger partial charge in [0.05, 0.1) is 20.8 Å². The third-order valence-corrected chi connectivity index (χ3v) is 9.48. The quantitative estimate of drug-likeness (QED) is 0.0476. The van der Waals surface area contributed by atoms with E-state index < -0.39 is 126 Å². The van der Waals surface area contributed by atoms with Crippen molar-refractivity contribution in [2.75, 3.05) is 27.4 Å². The molecule has 2 fully saturated rings. The highest BCUT2D eigenvalue weighted by Gasteiger charge is 2.52. The Bertz CT molecular complexity index is 2230. The second kappa shape index (κ2) is 17.5. The van der Waals surface area contributed by atoms with Crippen molar-refractivity contribution in [3.63, 3.8) is 0 Å². The molecule has 2 saturated heterocycles. The summed E-state index contributed by atoms with van der Waals surface area (Å²) < 4.78 is 44.2. The number of aromatic hydroxyl groups is 5. The average molecular weight is 833 g/mol. The Kier molecular flexibility index (Phi) is 12.7. The van der Waals surface area contributed by atoms with E-state index in [1.807, 2.05) is 0 Å². The Morgan fingerprint density at radius 3 is 2.07 bits per heavy atom. The Hall–Kier alpha value is -5.88. The molecule has 0 aliphatic carbocycles. The molecule has 0 saturated carbocycles. The number of hydrogen-bond donors (Lipinski definition) is 11. The van der Waals surface area contributed by atoms with Crippen LogP contribution in [0.2, 0.25) is 0 Å².